The van der Waals surface area contributed by atoms with Crippen LogP contribution in [0.3, 0.4) is 0 Å². The summed E-state index contributed by atoms with van der Waals surface area (Å²) in [7, 11) is 0. The zero-order valence-electron chi connectivity index (χ0n) is 14.8. The van der Waals surface area contributed by atoms with E-state index in [0.29, 0.717) is 6.54 Å². The molecule has 0 aliphatic rings. The number of nitrogens with zero attached hydrogens (tertiary/aromatic N) is 1. The normalized spacial score (nSPS) is 12.1. The summed E-state index contributed by atoms with van der Waals surface area (Å²) in [5.41, 5.74) is 11.8. The Kier molecular flexibility index (Phi) is 5.29. The van der Waals surface area contributed by atoms with Gasteiger partial charge in [-0.15, -0.1) is 0 Å². The Balaban J connectivity index is 2.08. The Labute approximate surface area is 147 Å². The molecule has 0 aliphatic carbocycles. The fourth-order valence-electron chi connectivity index (χ4n) is 3.09. The summed E-state index contributed by atoms with van der Waals surface area (Å²) in [5.74, 6) is 0.707. The SMILES string of the molecule is CCC/C=C(/c1ccc2nc(CCN)[nH]c2c1)c1ccc(F)cc1C. The van der Waals surface area contributed by atoms with Gasteiger partial charge < -0.3 is 10.7 Å². The van der Waals surface area contributed by atoms with Gasteiger partial charge in [-0.2, -0.15) is 0 Å². The summed E-state index contributed by atoms with van der Waals surface area (Å²) >= 11 is 0. The van der Waals surface area contributed by atoms with Crippen molar-refractivity contribution in [2.24, 2.45) is 5.73 Å². The van der Waals surface area contributed by atoms with E-state index in [2.05, 4.69) is 35.1 Å². The molecule has 3 aromatic rings. The minimum absolute atomic E-state index is 0.202. The van der Waals surface area contributed by atoms with Crippen molar-refractivity contribution >= 4 is 16.6 Å². The molecule has 0 saturated heterocycles. The largest absolute Gasteiger partial charge is 0.342 e. The van der Waals surface area contributed by atoms with Crippen LogP contribution in [0, 0.1) is 12.7 Å². The van der Waals surface area contributed by atoms with Crippen LogP contribution in [0.5, 0.6) is 0 Å². The Bertz CT molecular complexity index is 909. The van der Waals surface area contributed by atoms with Gasteiger partial charge in [-0.25, -0.2) is 9.37 Å². The molecule has 3 N–H and O–H groups in total. The minimum Gasteiger partial charge on any atom is -0.342 e. The van der Waals surface area contributed by atoms with Gasteiger partial charge in [-0.05, 0) is 66.4 Å². The van der Waals surface area contributed by atoms with Gasteiger partial charge in [-0.3, -0.25) is 0 Å². The number of imidazole rings is 1. The maximum absolute atomic E-state index is 13.5. The fourth-order valence-corrected chi connectivity index (χ4v) is 3.09. The molecule has 0 bridgehead atoms. The second-order valence-corrected chi connectivity index (χ2v) is 6.32. The van der Waals surface area contributed by atoms with Crippen LogP contribution in [0.15, 0.2) is 42.5 Å². The number of unbranched alkanes of at least 4 members (excludes halogenated alkanes) is 1. The molecule has 2 aromatic carbocycles. The average molecular weight is 337 g/mol. The van der Waals surface area contributed by atoms with E-state index >= 15 is 0 Å². The molecule has 0 aliphatic heterocycles. The van der Waals surface area contributed by atoms with Crippen LogP contribution in [0.25, 0.3) is 16.6 Å². The van der Waals surface area contributed by atoms with Crippen LogP contribution in [0.4, 0.5) is 4.39 Å². The van der Waals surface area contributed by atoms with Crippen molar-refractivity contribution in [2.75, 3.05) is 6.54 Å². The quantitative estimate of drug-likeness (QED) is 0.682. The molecule has 0 amide bonds. The van der Waals surface area contributed by atoms with Crippen LogP contribution in [-0.2, 0) is 6.42 Å². The van der Waals surface area contributed by atoms with Gasteiger partial charge in [0.2, 0.25) is 0 Å². The Hall–Kier alpha value is -2.46. The summed E-state index contributed by atoms with van der Waals surface area (Å²) in [6.07, 6.45) is 5.01. The zero-order valence-corrected chi connectivity index (χ0v) is 14.8. The van der Waals surface area contributed by atoms with E-state index in [1.54, 1.807) is 6.07 Å². The first kappa shape index (κ1) is 17.4. The second-order valence-electron chi connectivity index (χ2n) is 6.32. The molecular weight excluding hydrogens is 313 g/mol. The van der Waals surface area contributed by atoms with Gasteiger partial charge in [0.25, 0.3) is 0 Å². The van der Waals surface area contributed by atoms with Gasteiger partial charge in [0.15, 0.2) is 0 Å². The lowest BCUT2D eigenvalue weighted by molar-refractivity contribution is 0.626. The van der Waals surface area contributed by atoms with Crippen LogP contribution in [-0.4, -0.2) is 16.5 Å². The molecule has 0 atom stereocenters. The third-order valence-corrected chi connectivity index (χ3v) is 4.34. The van der Waals surface area contributed by atoms with E-state index < -0.39 is 0 Å². The molecule has 25 heavy (non-hydrogen) atoms. The van der Waals surface area contributed by atoms with E-state index in [-0.39, 0.29) is 5.82 Å². The van der Waals surface area contributed by atoms with Crippen molar-refractivity contribution < 1.29 is 4.39 Å². The number of aromatic amines is 1. The van der Waals surface area contributed by atoms with Crippen molar-refractivity contribution in [3.05, 3.63) is 70.8 Å². The number of nitrogens with one attached hydrogen (secondary N) is 1. The highest BCUT2D eigenvalue weighted by Gasteiger charge is 2.11. The summed E-state index contributed by atoms with van der Waals surface area (Å²) in [6, 6.07) is 11.2. The van der Waals surface area contributed by atoms with Crippen molar-refractivity contribution in [3.63, 3.8) is 0 Å². The summed E-state index contributed by atoms with van der Waals surface area (Å²) in [5, 5.41) is 0. The van der Waals surface area contributed by atoms with Gasteiger partial charge in [-0.1, -0.05) is 31.6 Å². The number of nitrogens with two attached hydrogens (primary N) is 1. The van der Waals surface area contributed by atoms with Crippen molar-refractivity contribution in [1.82, 2.24) is 9.97 Å². The fraction of sp³-hybridized carbons (Fsp3) is 0.286. The first-order valence-corrected chi connectivity index (χ1v) is 8.78. The monoisotopic (exact) mass is 337 g/mol. The average Bonchev–Trinajstić information content (AvgIpc) is 2.98. The maximum Gasteiger partial charge on any atom is 0.123 e. The highest BCUT2D eigenvalue weighted by molar-refractivity contribution is 5.87. The topological polar surface area (TPSA) is 54.7 Å². The van der Waals surface area contributed by atoms with Gasteiger partial charge in [0.05, 0.1) is 11.0 Å². The number of aromatic nitrogens is 2. The van der Waals surface area contributed by atoms with Crippen molar-refractivity contribution in [1.29, 1.82) is 0 Å². The number of halogens is 1. The van der Waals surface area contributed by atoms with Crippen molar-refractivity contribution in [3.8, 4) is 0 Å². The lowest BCUT2D eigenvalue weighted by Crippen LogP contribution is -2.03. The van der Waals surface area contributed by atoms with E-state index in [0.717, 1.165) is 58.4 Å². The number of rotatable bonds is 6. The number of fused-ring (bicyclic) bond motifs is 1. The number of H-pyrrole nitrogens is 1. The minimum atomic E-state index is -0.202. The van der Waals surface area contributed by atoms with Crippen LogP contribution in [0.1, 0.15) is 42.3 Å². The van der Waals surface area contributed by atoms with E-state index in [4.69, 9.17) is 5.73 Å². The molecule has 0 saturated carbocycles. The molecule has 1 heterocycles. The number of hydrogen-bond donors (Lipinski definition) is 2. The predicted molar refractivity (Wildman–Crippen MR) is 102 cm³/mol. The first-order chi connectivity index (χ1) is 12.1. The number of hydrogen-bond acceptors (Lipinski definition) is 2. The van der Waals surface area contributed by atoms with Crippen LogP contribution < -0.4 is 5.73 Å². The maximum atomic E-state index is 13.5. The lowest BCUT2D eigenvalue weighted by atomic mass is 9.93. The Morgan fingerprint density at radius 2 is 2.08 bits per heavy atom. The molecule has 4 heteroatoms. The zero-order chi connectivity index (χ0) is 17.8. The highest BCUT2D eigenvalue weighted by atomic mass is 19.1. The standard InChI is InChI=1S/C21H24FN3/c1-3-4-5-18(17-8-7-16(22)12-14(17)2)15-6-9-19-20(13-15)25-21(24-19)10-11-23/h5-9,12-13H,3-4,10-11,23H2,1-2H3,(H,24,25)/b18-5-. The van der Waals surface area contributed by atoms with E-state index in [1.807, 2.05) is 19.1 Å². The van der Waals surface area contributed by atoms with Gasteiger partial charge >= 0.3 is 0 Å². The molecule has 0 radical (unpaired) electrons. The van der Waals surface area contributed by atoms with E-state index in [9.17, 15) is 4.39 Å². The summed E-state index contributed by atoms with van der Waals surface area (Å²) in [4.78, 5) is 7.91. The molecular formula is C21H24FN3. The smallest absolute Gasteiger partial charge is 0.123 e. The first-order valence-electron chi connectivity index (χ1n) is 8.78. The molecule has 0 unspecified atom stereocenters. The van der Waals surface area contributed by atoms with Gasteiger partial charge in [0, 0.05) is 6.42 Å². The second kappa shape index (κ2) is 7.62. The lowest BCUT2D eigenvalue weighted by Gasteiger charge is -2.12. The highest BCUT2D eigenvalue weighted by Crippen LogP contribution is 2.29. The Morgan fingerprint density at radius 3 is 2.80 bits per heavy atom. The predicted octanol–water partition coefficient (Wildman–Crippen LogP) is 4.74. The Morgan fingerprint density at radius 1 is 1.24 bits per heavy atom. The number of allylic oxidation sites excluding steroid dienone is 1. The summed E-state index contributed by atoms with van der Waals surface area (Å²) < 4.78 is 13.5. The molecule has 0 fully saturated rings. The number of aryl methyl sites for hydroxylation is 1. The van der Waals surface area contributed by atoms with Crippen molar-refractivity contribution in [2.45, 2.75) is 33.1 Å². The molecule has 0 spiro atoms. The third-order valence-electron chi connectivity index (χ3n) is 4.34. The number of benzene rings is 2. The summed E-state index contributed by atoms with van der Waals surface area (Å²) in [6.45, 7) is 4.68. The van der Waals surface area contributed by atoms with Crippen LogP contribution >= 0.6 is 0 Å². The molecule has 1 aromatic heterocycles. The molecule has 3 nitrogen and oxygen atoms in total. The third kappa shape index (κ3) is 3.80. The van der Waals surface area contributed by atoms with Gasteiger partial charge in [0.1, 0.15) is 11.6 Å². The van der Waals surface area contributed by atoms with E-state index in [1.165, 1.54) is 6.07 Å². The molecule has 130 valence electrons. The molecule has 3 rings (SSSR count). The van der Waals surface area contributed by atoms with Crippen LogP contribution in [0.2, 0.25) is 0 Å².